The maximum atomic E-state index is 12.4. The van der Waals surface area contributed by atoms with Gasteiger partial charge in [-0.1, -0.05) is 30.3 Å². The van der Waals surface area contributed by atoms with Gasteiger partial charge in [-0.3, -0.25) is 19.7 Å². The highest BCUT2D eigenvalue weighted by atomic mass is 16.6. The van der Waals surface area contributed by atoms with Crippen molar-refractivity contribution in [3.63, 3.8) is 0 Å². The molecule has 0 fully saturated rings. The third-order valence-corrected chi connectivity index (χ3v) is 3.67. The normalized spacial score (nSPS) is 11.0. The van der Waals surface area contributed by atoms with Gasteiger partial charge < -0.3 is 0 Å². The number of rotatable bonds is 4. The molecule has 0 bridgehead atoms. The topological polar surface area (TPSA) is 119 Å². The second-order valence-electron chi connectivity index (χ2n) is 5.34. The minimum atomic E-state index is -0.633. The number of aryl methyl sites for hydroxylation is 1. The van der Waals surface area contributed by atoms with Crippen molar-refractivity contribution in [2.75, 3.05) is 0 Å². The molecule has 3 aromatic rings. The molecule has 1 heterocycles. The van der Waals surface area contributed by atoms with Gasteiger partial charge in [-0.15, -0.1) is 0 Å². The van der Waals surface area contributed by atoms with Gasteiger partial charge in [0.1, 0.15) is 0 Å². The fraction of sp³-hybridized carbons (Fsp3) is 0.0588. The fourth-order valence-electron chi connectivity index (χ4n) is 2.44. The van der Waals surface area contributed by atoms with Crippen molar-refractivity contribution in [3.8, 4) is 0 Å². The van der Waals surface area contributed by atoms with E-state index in [0.717, 1.165) is 4.68 Å². The van der Waals surface area contributed by atoms with Crippen molar-refractivity contribution in [2.45, 2.75) is 0 Å². The number of aromatic nitrogens is 2. The number of hydrazone groups is 1. The molecule has 0 saturated heterocycles. The summed E-state index contributed by atoms with van der Waals surface area (Å²) in [6, 6.07) is 12.6. The van der Waals surface area contributed by atoms with Crippen LogP contribution in [0, 0.1) is 10.1 Å². The smallest absolute Gasteiger partial charge is 0.267 e. The molecule has 0 aliphatic heterocycles. The number of nitrogens with zero attached hydrogens (tertiary/aromatic N) is 4. The predicted octanol–water partition coefficient (Wildman–Crippen LogP) is 1.61. The monoisotopic (exact) mass is 351 g/mol. The first-order valence-corrected chi connectivity index (χ1v) is 7.52. The fourth-order valence-corrected chi connectivity index (χ4v) is 2.44. The summed E-state index contributed by atoms with van der Waals surface area (Å²) in [7, 11) is 1.45. The molecule has 0 unspecified atom stereocenters. The number of hydrogen-bond donors (Lipinski definition) is 1. The summed E-state index contributed by atoms with van der Waals surface area (Å²) in [4.78, 5) is 34.9. The minimum absolute atomic E-state index is 0.0300. The summed E-state index contributed by atoms with van der Waals surface area (Å²) in [5.41, 5.74) is 2.11. The number of hydrogen-bond acceptors (Lipinski definition) is 6. The molecule has 0 aliphatic rings. The quantitative estimate of drug-likeness (QED) is 0.435. The standard InChI is InChI=1S/C17H13N5O4/c1-21-17(24)13-8-4-3-7-12(13)15(20-21)16(23)19-18-10-11-6-2-5-9-14(11)22(25)26/h2-10H,1H3,(H,19,23)/b18-10+. The van der Waals surface area contributed by atoms with E-state index in [-0.39, 0.29) is 22.5 Å². The van der Waals surface area contributed by atoms with E-state index in [1.165, 1.54) is 31.5 Å². The van der Waals surface area contributed by atoms with Crippen LogP contribution in [-0.2, 0) is 7.05 Å². The second kappa shape index (κ2) is 6.93. The van der Waals surface area contributed by atoms with Crippen LogP contribution in [0.15, 0.2) is 58.4 Å². The highest BCUT2D eigenvalue weighted by Crippen LogP contribution is 2.15. The molecule has 0 spiro atoms. The molecule has 0 aliphatic carbocycles. The van der Waals surface area contributed by atoms with Crippen molar-refractivity contribution < 1.29 is 9.72 Å². The first-order chi connectivity index (χ1) is 12.5. The van der Waals surface area contributed by atoms with Crippen molar-refractivity contribution in [3.05, 3.63) is 80.3 Å². The molecule has 3 rings (SSSR count). The van der Waals surface area contributed by atoms with Gasteiger partial charge in [-0.25, -0.2) is 10.1 Å². The molecule has 0 atom stereocenters. The highest BCUT2D eigenvalue weighted by molar-refractivity contribution is 6.05. The largest absolute Gasteiger partial charge is 0.292 e. The molecule has 9 heteroatoms. The van der Waals surface area contributed by atoms with Gasteiger partial charge in [0, 0.05) is 18.5 Å². The highest BCUT2D eigenvalue weighted by Gasteiger charge is 2.15. The van der Waals surface area contributed by atoms with Crippen LogP contribution in [0.1, 0.15) is 16.1 Å². The molecule has 1 amide bonds. The summed E-state index contributed by atoms with van der Waals surface area (Å²) in [5, 5.41) is 19.5. The molecule has 1 aromatic heterocycles. The Morgan fingerprint density at radius 2 is 1.85 bits per heavy atom. The number of nitro benzene ring substituents is 1. The van der Waals surface area contributed by atoms with E-state index >= 15 is 0 Å². The van der Waals surface area contributed by atoms with Crippen LogP contribution in [0.25, 0.3) is 10.8 Å². The van der Waals surface area contributed by atoms with Crippen LogP contribution in [-0.4, -0.2) is 26.8 Å². The Labute approximate surface area is 146 Å². The number of para-hydroxylation sites is 1. The summed E-state index contributed by atoms with van der Waals surface area (Å²) in [5.74, 6) is -0.633. The van der Waals surface area contributed by atoms with Crippen molar-refractivity contribution >= 4 is 28.6 Å². The molecular formula is C17H13N5O4. The molecule has 2 aromatic carbocycles. The van der Waals surface area contributed by atoms with Gasteiger partial charge in [-0.05, 0) is 12.1 Å². The summed E-state index contributed by atoms with van der Waals surface area (Å²) >= 11 is 0. The van der Waals surface area contributed by atoms with Crippen LogP contribution in [0.2, 0.25) is 0 Å². The number of amides is 1. The zero-order chi connectivity index (χ0) is 18.7. The molecule has 1 N–H and O–H groups in total. The van der Waals surface area contributed by atoms with Gasteiger partial charge in [0.15, 0.2) is 5.69 Å². The summed E-state index contributed by atoms with van der Waals surface area (Å²) in [6.07, 6.45) is 1.18. The van der Waals surface area contributed by atoms with Crippen molar-refractivity contribution in [1.29, 1.82) is 0 Å². The number of carbonyl (C=O) groups excluding carboxylic acids is 1. The molecule has 0 saturated carbocycles. The Hall–Kier alpha value is -3.88. The lowest BCUT2D eigenvalue weighted by Gasteiger charge is -2.06. The zero-order valence-corrected chi connectivity index (χ0v) is 13.6. The molecular weight excluding hydrogens is 338 g/mol. The lowest BCUT2D eigenvalue weighted by Crippen LogP contribution is -2.27. The van der Waals surface area contributed by atoms with E-state index < -0.39 is 10.8 Å². The Balaban J connectivity index is 1.91. The average Bonchev–Trinajstić information content (AvgIpc) is 2.65. The van der Waals surface area contributed by atoms with E-state index in [1.54, 1.807) is 30.3 Å². The number of carbonyl (C=O) groups is 1. The van der Waals surface area contributed by atoms with Crippen LogP contribution in [0.4, 0.5) is 5.69 Å². The minimum Gasteiger partial charge on any atom is -0.267 e. The lowest BCUT2D eigenvalue weighted by atomic mass is 10.1. The zero-order valence-electron chi connectivity index (χ0n) is 13.6. The van der Waals surface area contributed by atoms with Crippen LogP contribution in [0.3, 0.4) is 0 Å². The first-order valence-electron chi connectivity index (χ1n) is 7.52. The third kappa shape index (κ3) is 3.18. The van der Waals surface area contributed by atoms with E-state index in [0.29, 0.717) is 10.8 Å². The second-order valence-corrected chi connectivity index (χ2v) is 5.34. The van der Waals surface area contributed by atoms with Gasteiger partial charge in [-0.2, -0.15) is 10.2 Å². The Bertz CT molecular complexity index is 1100. The van der Waals surface area contributed by atoms with Crippen LogP contribution in [0.5, 0.6) is 0 Å². The van der Waals surface area contributed by atoms with Gasteiger partial charge in [0.2, 0.25) is 0 Å². The van der Waals surface area contributed by atoms with Crippen LogP contribution < -0.4 is 11.0 Å². The van der Waals surface area contributed by atoms with Gasteiger partial charge in [0.05, 0.1) is 22.1 Å². The van der Waals surface area contributed by atoms with E-state index in [9.17, 15) is 19.7 Å². The van der Waals surface area contributed by atoms with Gasteiger partial charge >= 0.3 is 0 Å². The summed E-state index contributed by atoms with van der Waals surface area (Å²) < 4.78 is 1.07. The Kier molecular flexibility index (Phi) is 4.52. The van der Waals surface area contributed by atoms with Crippen molar-refractivity contribution in [1.82, 2.24) is 15.2 Å². The van der Waals surface area contributed by atoms with E-state index in [1.807, 2.05) is 0 Å². The Morgan fingerprint density at radius 1 is 1.19 bits per heavy atom. The first kappa shape index (κ1) is 17.0. The molecule has 0 radical (unpaired) electrons. The van der Waals surface area contributed by atoms with E-state index in [2.05, 4.69) is 15.6 Å². The molecule has 26 heavy (non-hydrogen) atoms. The summed E-state index contributed by atoms with van der Waals surface area (Å²) in [6.45, 7) is 0. The maximum Gasteiger partial charge on any atom is 0.292 e. The lowest BCUT2D eigenvalue weighted by molar-refractivity contribution is -0.385. The number of nitro groups is 1. The Morgan fingerprint density at radius 3 is 2.58 bits per heavy atom. The number of benzene rings is 2. The number of fused-ring (bicyclic) bond motifs is 1. The predicted molar refractivity (Wildman–Crippen MR) is 95.1 cm³/mol. The van der Waals surface area contributed by atoms with Gasteiger partial charge in [0.25, 0.3) is 17.2 Å². The van der Waals surface area contributed by atoms with Crippen LogP contribution >= 0.6 is 0 Å². The SMILES string of the molecule is Cn1nc(C(=O)N/N=C/c2ccccc2[N+](=O)[O-])c2ccccc2c1=O. The molecule has 9 nitrogen and oxygen atoms in total. The average molecular weight is 351 g/mol. The number of nitrogens with one attached hydrogen (secondary N) is 1. The third-order valence-electron chi connectivity index (χ3n) is 3.67. The van der Waals surface area contributed by atoms with Crippen molar-refractivity contribution in [2.24, 2.45) is 12.1 Å². The molecule has 130 valence electrons. The van der Waals surface area contributed by atoms with E-state index in [4.69, 9.17) is 0 Å². The maximum absolute atomic E-state index is 12.4.